The summed E-state index contributed by atoms with van der Waals surface area (Å²) < 4.78 is 0. The van der Waals surface area contributed by atoms with Crippen molar-refractivity contribution in [1.82, 2.24) is 20.4 Å². The van der Waals surface area contributed by atoms with E-state index < -0.39 is 23.8 Å². The number of benzene rings is 1. The van der Waals surface area contributed by atoms with Crippen LogP contribution in [-0.2, 0) is 16.1 Å². The van der Waals surface area contributed by atoms with E-state index in [1.165, 1.54) is 12.8 Å². The van der Waals surface area contributed by atoms with Crippen LogP contribution >= 0.6 is 0 Å². The predicted molar refractivity (Wildman–Crippen MR) is 110 cm³/mol. The normalized spacial score (nSPS) is 26.9. The summed E-state index contributed by atoms with van der Waals surface area (Å²) in [6.45, 7) is 4.82. The lowest BCUT2D eigenvalue weighted by atomic mass is 9.90. The molecule has 2 atom stereocenters. The first-order valence-corrected chi connectivity index (χ1v) is 10.6. The second-order valence-electron chi connectivity index (χ2n) is 8.94. The van der Waals surface area contributed by atoms with E-state index in [0.29, 0.717) is 17.7 Å². The van der Waals surface area contributed by atoms with E-state index in [1.807, 2.05) is 6.07 Å². The van der Waals surface area contributed by atoms with Crippen molar-refractivity contribution in [3.63, 3.8) is 0 Å². The van der Waals surface area contributed by atoms with Gasteiger partial charge in [0.05, 0.1) is 11.1 Å². The molecule has 3 aliphatic heterocycles. The van der Waals surface area contributed by atoms with Crippen LogP contribution in [0.3, 0.4) is 0 Å². The Morgan fingerprint density at radius 3 is 2.60 bits per heavy atom. The van der Waals surface area contributed by atoms with Gasteiger partial charge in [0.15, 0.2) is 0 Å². The maximum absolute atomic E-state index is 13.0. The van der Waals surface area contributed by atoms with Crippen LogP contribution in [0.15, 0.2) is 18.2 Å². The average molecular weight is 412 g/mol. The van der Waals surface area contributed by atoms with Crippen LogP contribution in [0.25, 0.3) is 0 Å². The summed E-state index contributed by atoms with van der Waals surface area (Å²) in [5.41, 5.74) is 1.68. The van der Waals surface area contributed by atoms with E-state index in [-0.39, 0.29) is 24.3 Å². The molecule has 0 aromatic heterocycles. The van der Waals surface area contributed by atoms with E-state index in [2.05, 4.69) is 29.5 Å². The van der Waals surface area contributed by atoms with Crippen molar-refractivity contribution in [2.75, 3.05) is 20.1 Å². The van der Waals surface area contributed by atoms with Gasteiger partial charge in [-0.25, -0.2) is 0 Å². The minimum Gasteiger partial charge on any atom is -0.310 e. The summed E-state index contributed by atoms with van der Waals surface area (Å²) in [6, 6.07) is 4.36. The number of imide groups is 2. The topological polar surface area (TPSA) is 98.8 Å². The van der Waals surface area contributed by atoms with Crippen molar-refractivity contribution in [3.8, 4) is 0 Å². The third kappa shape index (κ3) is 3.89. The molecule has 0 radical (unpaired) electrons. The third-order valence-corrected chi connectivity index (χ3v) is 6.28. The molecule has 8 heteroatoms. The van der Waals surface area contributed by atoms with Gasteiger partial charge in [0.2, 0.25) is 11.8 Å². The monoisotopic (exact) mass is 412 g/mol. The highest BCUT2D eigenvalue weighted by molar-refractivity contribution is 6.23. The van der Waals surface area contributed by atoms with Gasteiger partial charge in [0, 0.05) is 25.0 Å². The van der Waals surface area contributed by atoms with E-state index in [9.17, 15) is 19.2 Å². The Morgan fingerprint density at radius 1 is 1.13 bits per heavy atom. The summed E-state index contributed by atoms with van der Waals surface area (Å²) in [5.74, 6) is -1.90. The first-order chi connectivity index (χ1) is 14.3. The molecule has 3 aliphatic rings. The number of rotatable bonds is 5. The van der Waals surface area contributed by atoms with Crippen LogP contribution in [0.4, 0.5) is 0 Å². The van der Waals surface area contributed by atoms with Crippen LogP contribution in [0.1, 0.15) is 65.3 Å². The fourth-order valence-electron chi connectivity index (χ4n) is 4.83. The Labute approximate surface area is 176 Å². The fourth-order valence-corrected chi connectivity index (χ4v) is 4.83. The molecule has 2 fully saturated rings. The zero-order chi connectivity index (χ0) is 21.5. The number of carbonyl (C=O) groups excluding carboxylic acids is 4. The molecule has 3 heterocycles. The summed E-state index contributed by atoms with van der Waals surface area (Å²) in [6.07, 6.45) is 3.85. The lowest BCUT2D eigenvalue weighted by molar-refractivity contribution is -0.136. The van der Waals surface area contributed by atoms with Gasteiger partial charge in [-0.1, -0.05) is 12.5 Å². The maximum atomic E-state index is 13.0. The molecule has 0 bridgehead atoms. The standard InChI is InChI=1S/C22H28N4O4/c1-22(9-3-4-10-23-22)13-25(2)12-14-5-6-15-16(11-14)21(30)26(20(15)29)17-7-8-18(27)24-19(17)28/h5-6,11,17,23H,3-4,7-10,12-13H2,1-2H3,(H,24,27,28). The van der Waals surface area contributed by atoms with Crippen molar-refractivity contribution >= 4 is 23.6 Å². The van der Waals surface area contributed by atoms with E-state index in [4.69, 9.17) is 0 Å². The molecule has 0 spiro atoms. The third-order valence-electron chi connectivity index (χ3n) is 6.28. The Bertz CT molecular complexity index is 906. The Hall–Kier alpha value is -2.58. The molecule has 1 aromatic rings. The SMILES string of the molecule is CN(Cc1ccc2c(c1)C(=O)N(C1CCC(=O)NC1=O)C2=O)CC1(C)CCCCN1. The second kappa shape index (κ2) is 7.92. The van der Waals surface area contributed by atoms with Crippen LogP contribution in [0.5, 0.6) is 0 Å². The Kier molecular flexibility index (Phi) is 5.46. The molecule has 4 rings (SSSR count). The van der Waals surface area contributed by atoms with Crippen molar-refractivity contribution in [1.29, 1.82) is 0 Å². The number of nitrogens with zero attached hydrogens (tertiary/aromatic N) is 2. The Morgan fingerprint density at radius 2 is 1.90 bits per heavy atom. The van der Waals surface area contributed by atoms with Crippen molar-refractivity contribution < 1.29 is 19.2 Å². The highest BCUT2D eigenvalue weighted by Crippen LogP contribution is 2.29. The number of amides is 4. The van der Waals surface area contributed by atoms with Gasteiger partial charge in [-0.15, -0.1) is 0 Å². The van der Waals surface area contributed by atoms with Gasteiger partial charge in [-0.2, -0.15) is 0 Å². The predicted octanol–water partition coefficient (Wildman–Crippen LogP) is 1.05. The van der Waals surface area contributed by atoms with Crippen molar-refractivity contribution in [2.45, 2.75) is 57.2 Å². The molecule has 0 saturated carbocycles. The van der Waals surface area contributed by atoms with E-state index >= 15 is 0 Å². The highest BCUT2D eigenvalue weighted by atomic mass is 16.2. The smallest absolute Gasteiger partial charge is 0.262 e. The second-order valence-corrected chi connectivity index (χ2v) is 8.94. The number of carbonyl (C=O) groups is 4. The van der Waals surface area contributed by atoms with Crippen LogP contribution in [0.2, 0.25) is 0 Å². The van der Waals surface area contributed by atoms with Gasteiger partial charge in [0.1, 0.15) is 6.04 Å². The molecule has 1 aromatic carbocycles. The number of hydrogen-bond donors (Lipinski definition) is 2. The first-order valence-electron chi connectivity index (χ1n) is 10.6. The zero-order valence-corrected chi connectivity index (χ0v) is 17.5. The molecule has 2 N–H and O–H groups in total. The first kappa shape index (κ1) is 20.7. The lowest BCUT2D eigenvalue weighted by Crippen LogP contribution is -2.54. The molecular formula is C22H28N4O4. The number of likely N-dealkylation sites (N-methyl/N-ethyl adjacent to an activating group) is 1. The molecule has 0 aliphatic carbocycles. The summed E-state index contributed by atoms with van der Waals surface area (Å²) in [4.78, 5) is 52.6. The van der Waals surface area contributed by atoms with Crippen molar-refractivity contribution in [3.05, 3.63) is 34.9 Å². The van der Waals surface area contributed by atoms with Crippen LogP contribution < -0.4 is 10.6 Å². The lowest BCUT2D eigenvalue weighted by Gasteiger charge is -2.38. The van der Waals surface area contributed by atoms with Gasteiger partial charge < -0.3 is 10.2 Å². The maximum Gasteiger partial charge on any atom is 0.262 e. The quantitative estimate of drug-likeness (QED) is 0.702. The average Bonchev–Trinajstić information content (AvgIpc) is 2.92. The van der Waals surface area contributed by atoms with Gasteiger partial charge in [-0.3, -0.25) is 29.4 Å². The van der Waals surface area contributed by atoms with E-state index in [1.54, 1.807) is 12.1 Å². The molecule has 2 saturated heterocycles. The van der Waals surface area contributed by atoms with E-state index in [0.717, 1.165) is 30.0 Å². The number of nitrogens with one attached hydrogen (secondary N) is 2. The fraction of sp³-hybridized carbons (Fsp3) is 0.545. The summed E-state index contributed by atoms with van der Waals surface area (Å²) in [7, 11) is 2.05. The Balaban J connectivity index is 1.48. The molecule has 4 amide bonds. The zero-order valence-electron chi connectivity index (χ0n) is 17.5. The van der Waals surface area contributed by atoms with Gasteiger partial charge in [-0.05, 0) is 57.5 Å². The largest absolute Gasteiger partial charge is 0.310 e. The molecule has 30 heavy (non-hydrogen) atoms. The molecule has 2 unspecified atom stereocenters. The summed E-state index contributed by atoms with van der Waals surface area (Å²) >= 11 is 0. The van der Waals surface area contributed by atoms with Gasteiger partial charge >= 0.3 is 0 Å². The highest BCUT2D eigenvalue weighted by Gasteiger charge is 2.44. The van der Waals surface area contributed by atoms with Gasteiger partial charge in [0.25, 0.3) is 11.8 Å². The number of fused-ring (bicyclic) bond motifs is 1. The number of hydrogen-bond acceptors (Lipinski definition) is 6. The minimum atomic E-state index is -0.932. The minimum absolute atomic E-state index is 0.0814. The van der Waals surface area contributed by atoms with Crippen LogP contribution in [-0.4, -0.2) is 65.1 Å². The number of piperidine rings is 2. The molecular weight excluding hydrogens is 384 g/mol. The van der Waals surface area contributed by atoms with Crippen molar-refractivity contribution in [2.24, 2.45) is 0 Å². The molecule has 160 valence electrons. The molecule has 8 nitrogen and oxygen atoms in total. The summed E-state index contributed by atoms with van der Waals surface area (Å²) in [5, 5.41) is 5.82. The van der Waals surface area contributed by atoms with Crippen LogP contribution in [0, 0.1) is 0 Å².